The highest BCUT2D eigenvalue weighted by Crippen LogP contribution is 2.06. The summed E-state index contributed by atoms with van der Waals surface area (Å²) in [5.74, 6) is -1.88. The van der Waals surface area contributed by atoms with Gasteiger partial charge in [-0.3, -0.25) is 5.43 Å². The summed E-state index contributed by atoms with van der Waals surface area (Å²) < 4.78 is 5.43. The summed E-state index contributed by atoms with van der Waals surface area (Å²) in [6.07, 6.45) is 0.942. The van der Waals surface area contributed by atoms with Gasteiger partial charge in [-0.2, -0.15) is 5.43 Å². The van der Waals surface area contributed by atoms with E-state index < -0.39 is 11.9 Å². The molecule has 0 aliphatic rings. The Balaban J connectivity index is 0.000000396. The van der Waals surface area contributed by atoms with Crippen molar-refractivity contribution in [2.45, 2.75) is 0 Å². The third kappa shape index (κ3) is 12.1. The molecule has 1 rings (SSSR count). The number of hydrogen-bond acceptors (Lipinski definition) is 5. The summed E-state index contributed by atoms with van der Waals surface area (Å²) in [4.78, 5) is 19.0. The minimum absolute atomic E-state index is 0.447. The third-order valence-electron chi connectivity index (χ3n) is 1.82. The first kappa shape index (κ1) is 17.6. The van der Waals surface area contributed by atoms with Crippen molar-refractivity contribution in [3.8, 4) is 5.75 Å². The van der Waals surface area contributed by atoms with Crippen molar-refractivity contribution in [3.05, 3.63) is 42.5 Å². The van der Waals surface area contributed by atoms with Crippen LogP contribution in [-0.4, -0.2) is 37.2 Å². The fourth-order valence-electron chi connectivity index (χ4n) is 1.03. The first-order valence-corrected chi connectivity index (χ1v) is 5.87. The molecule has 0 aliphatic carbocycles. The number of carbonyl (C=O) groups is 2. The average Bonchev–Trinajstić information content (AvgIpc) is 2.43. The van der Waals surface area contributed by atoms with E-state index in [0.29, 0.717) is 18.8 Å². The quantitative estimate of drug-likeness (QED) is 0.234. The molecule has 7 nitrogen and oxygen atoms in total. The molecule has 1 aromatic rings. The maximum atomic E-state index is 9.53. The average molecular weight is 282 g/mol. The van der Waals surface area contributed by atoms with Crippen LogP contribution in [0.25, 0.3) is 0 Å². The van der Waals surface area contributed by atoms with E-state index in [0.717, 1.165) is 12.3 Å². The van der Waals surface area contributed by atoms with Crippen LogP contribution in [0, 0.1) is 0 Å². The zero-order chi connectivity index (χ0) is 15.2. The molecule has 0 radical (unpaired) electrons. The monoisotopic (exact) mass is 282 g/mol. The lowest BCUT2D eigenvalue weighted by Crippen LogP contribution is -2.90. The molecule has 0 fully saturated rings. The lowest BCUT2D eigenvalue weighted by atomic mass is 10.3. The standard InChI is InChI=1S/C9H14N2O.C4H4O4/c1-10-11-7-8-12-9-5-3-2-4-6-9;5-3(6)1-2-4(7)8/h2-6,10-11H,7-8H2,1H3;1-2H,(H,5,6)(H,7,8)/b;2-1-. The van der Waals surface area contributed by atoms with Crippen LogP contribution < -0.4 is 20.7 Å². The molecule has 0 unspecified atom stereocenters. The van der Waals surface area contributed by atoms with Crippen molar-refractivity contribution in [2.24, 2.45) is 0 Å². The van der Waals surface area contributed by atoms with E-state index in [9.17, 15) is 14.7 Å². The lowest BCUT2D eigenvalue weighted by molar-refractivity contribution is -0.685. The summed E-state index contributed by atoms with van der Waals surface area (Å²) in [5.41, 5.74) is 4.98. The Hall–Kier alpha value is -2.38. The molecule has 0 aromatic heterocycles. The number of benzene rings is 1. The minimum Gasteiger partial charge on any atom is -0.545 e. The van der Waals surface area contributed by atoms with Crippen LogP contribution in [0.3, 0.4) is 0 Å². The number of ether oxygens (including phenoxy) is 1. The number of nitrogens with one attached hydrogen (secondary N) is 1. The van der Waals surface area contributed by atoms with Gasteiger partial charge in [0.1, 0.15) is 12.4 Å². The molecule has 0 saturated heterocycles. The Morgan fingerprint density at radius 3 is 2.45 bits per heavy atom. The zero-order valence-electron chi connectivity index (χ0n) is 11.1. The highest BCUT2D eigenvalue weighted by Gasteiger charge is 1.90. The van der Waals surface area contributed by atoms with Gasteiger partial charge in [0, 0.05) is 6.08 Å². The van der Waals surface area contributed by atoms with Gasteiger partial charge >= 0.3 is 5.97 Å². The molecule has 0 spiro atoms. The van der Waals surface area contributed by atoms with Gasteiger partial charge in [0.05, 0.1) is 19.6 Å². The van der Waals surface area contributed by atoms with Gasteiger partial charge in [0.15, 0.2) is 0 Å². The molecule has 7 heteroatoms. The topological polar surface area (TPSA) is 115 Å². The smallest absolute Gasteiger partial charge is 0.328 e. The predicted molar refractivity (Wildman–Crippen MR) is 69.6 cm³/mol. The number of para-hydroxylation sites is 1. The van der Waals surface area contributed by atoms with Crippen LogP contribution in [0.4, 0.5) is 0 Å². The maximum Gasteiger partial charge on any atom is 0.328 e. The molecule has 20 heavy (non-hydrogen) atoms. The fraction of sp³-hybridized carbons (Fsp3) is 0.231. The number of rotatable bonds is 7. The SMILES string of the molecule is C[NH2+]NCCOc1ccccc1.O=C([O-])/C=C\C(=O)O. The Kier molecular flexibility index (Phi) is 10.3. The second-order valence-corrected chi connectivity index (χ2v) is 3.39. The summed E-state index contributed by atoms with van der Waals surface area (Å²) >= 11 is 0. The zero-order valence-corrected chi connectivity index (χ0v) is 11.1. The van der Waals surface area contributed by atoms with Crippen LogP contribution in [0.1, 0.15) is 0 Å². The van der Waals surface area contributed by atoms with Crippen molar-refractivity contribution in [1.82, 2.24) is 5.43 Å². The van der Waals surface area contributed by atoms with Crippen molar-refractivity contribution in [2.75, 3.05) is 20.2 Å². The van der Waals surface area contributed by atoms with E-state index in [1.165, 1.54) is 0 Å². The molecule has 1 aromatic carbocycles. The first-order valence-electron chi connectivity index (χ1n) is 5.87. The molecule has 0 amide bonds. The Morgan fingerprint density at radius 2 is 2.00 bits per heavy atom. The van der Waals surface area contributed by atoms with Crippen molar-refractivity contribution in [3.63, 3.8) is 0 Å². The summed E-state index contributed by atoms with van der Waals surface area (Å²) in [6, 6.07) is 9.82. The number of carbonyl (C=O) groups excluding carboxylic acids is 1. The van der Waals surface area contributed by atoms with Crippen LogP contribution >= 0.6 is 0 Å². The van der Waals surface area contributed by atoms with Gasteiger partial charge in [-0.25, -0.2) is 4.79 Å². The molecule has 110 valence electrons. The molecular formula is C13H18N2O5. The first-order chi connectivity index (χ1) is 9.56. The minimum atomic E-state index is -1.51. The number of aliphatic carboxylic acids is 2. The molecule has 0 atom stereocenters. The van der Waals surface area contributed by atoms with Crippen molar-refractivity contribution in [1.29, 1.82) is 0 Å². The summed E-state index contributed by atoms with van der Waals surface area (Å²) in [7, 11) is 1.96. The molecule has 4 N–H and O–H groups in total. The highest BCUT2D eigenvalue weighted by atomic mass is 16.5. The lowest BCUT2D eigenvalue weighted by Gasteiger charge is -2.04. The Bertz CT molecular complexity index is 404. The number of quaternary nitrogens is 1. The van der Waals surface area contributed by atoms with Gasteiger partial charge in [-0.05, 0) is 18.2 Å². The van der Waals surface area contributed by atoms with Crippen molar-refractivity contribution < 1.29 is 30.0 Å². The number of carboxylic acid groups (broad SMARTS) is 2. The fourth-order valence-corrected chi connectivity index (χ4v) is 1.03. The van der Waals surface area contributed by atoms with Crippen LogP contribution in [0.5, 0.6) is 5.75 Å². The normalized spacial score (nSPS) is 9.65. The second kappa shape index (κ2) is 11.7. The molecule has 0 saturated carbocycles. The van der Waals surface area contributed by atoms with E-state index >= 15 is 0 Å². The van der Waals surface area contributed by atoms with Crippen molar-refractivity contribution >= 4 is 11.9 Å². The van der Waals surface area contributed by atoms with E-state index in [1.54, 1.807) is 0 Å². The van der Waals surface area contributed by atoms with Gasteiger partial charge in [0.2, 0.25) is 0 Å². The molecule has 0 heterocycles. The van der Waals surface area contributed by atoms with Gasteiger partial charge < -0.3 is 19.7 Å². The van der Waals surface area contributed by atoms with Gasteiger partial charge in [-0.15, -0.1) is 0 Å². The number of nitrogens with two attached hydrogens (primary N) is 1. The van der Waals surface area contributed by atoms with Gasteiger partial charge in [0.25, 0.3) is 0 Å². The number of hydrogen-bond donors (Lipinski definition) is 3. The number of carboxylic acids is 2. The predicted octanol–water partition coefficient (Wildman–Crippen LogP) is -1.86. The van der Waals surface area contributed by atoms with E-state index in [4.69, 9.17) is 9.84 Å². The van der Waals surface area contributed by atoms with E-state index in [1.807, 2.05) is 42.8 Å². The maximum absolute atomic E-state index is 9.53. The van der Waals surface area contributed by atoms with Gasteiger partial charge in [-0.1, -0.05) is 18.2 Å². The second-order valence-electron chi connectivity index (χ2n) is 3.39. The van der Waals surface area contributed by atoms with Crippen LogP contribution in [0.15, 0.2) is 42.5 Å². The van der Waals surface area contributed by atoms with E-state index in [-0.39, 0.29) is 0 Å². The van der Waals surface area contributed by atoms with E-state index in [2.05, 4.69) is 5.43 Å². The summed E-state index contributed by atoms with van der Waals surface area (Å²) in [5, 5.41) is 17.2. The van der Waals surface area contributed by atoms with Crippen LogP contribution in [-0.2, 0) is 9.59 Å². The van der Waals surface area contributed by atoms with Crippen LogP contribution in [0.2, 0.25) is 0 Å². The summed E-state index contributed by atoms with van der Waals surface area (Å²) in [6.45, 7) is 1.56. The third-order valence-corrected chi connectivity index (χ3v) is 1.82. The highest BCUT2D eigenvalue weighted by molar-refractivity contribution is 5.88. The Morgan fingerprint density at radius 1 is 1.35 bits per heavy atom. The molecular weight excluding hydrogens is 264 g/mol. The molecule has 0 bridgehead atoms. The Labute approximate surface area is 116 Å². The molecule has 0 aliphatic heterocycles. The largest absolute Gasteiger partial charge is 0.545 e.